The largest absolute Gasteiger partial charge is 0.337 e. The molecule has 1 aromatic rings. The molecule has 2 rings (SSSR count). The standard InChI is InChI=1S/C14H19N3O3/c1-2-15-12-4-3-9-16(10-12)14(18)11-5-7-13(8-6-11)17(19)20/h5-8,12,15H,2-4,9-10H2,1H3. The minimum atomic E-state index is -0.462. The number of hydrogen-bond donors (Lipinski definition) is 1. The van der Waals surface area contributed by atoms with E-state index in [-0.39, 0.29) is 11.6 Å². The molecule has 0 aliphatic carbocycles. The number of likely N-dealkylation sites (N-methyl/N-ethyl adjacent to an activating group) is 1. The summed E-state index contributed by atoms with van der Waals surface area (Å²) in [6.07, 6.45) is 2.06. The highest BCUT2D eigenvalue weighted by molar-refractivity contribution is 5.94. The van der Waals surface area contributed by atoms with Crippen LogP contribution in [0.25, 0.3) is 0 Å². The average Bonchev–Trinajstić information content (AvgIpc) is 2.47. The first-order chi connectivity index (χ1) is 9.61. The molecule has 0 saturated carbocycles. The zero-order valence-corrected chi connectivity index (χ0v) is 11.5. The van der Waals surface area contributed by atoms with Crippen LogP contribution in [-0.2, 0) is 0 Å². The highest BCUT2D eigenvalue weighted by atomic mass is 16.6. The van der Waals surface area contributed by atoms with Crippen LogP contribution in [0.5, 0.6) is 0 Å². The van der Waals surface area contributed by atoms with Crippen molar-refractivity contribution in [3.63, 3.8) is 0 Å². The monoisotopic (exact) mass is 277 g/mol. The number of likely N-dealkylation sites (tertiary alicyclic amines) is 1. The fourth-order valence-corrected chi connectivity index (χ4v) is 2.53. The third-order valence-electron chi connectivity index (χ3n) is 3.53. The molecule has 1 amide bonds. The van der Waals surface area contributed by atoms with E-state index in [1.54, 1.807) is 0 Å². The van der Waals surface area contributed by atoms with Gasteiger partial charge < -0.3 is 10.2 Å². The molecule has 0 spiro atoms. The van der Waals surface area contributed by atoms with Gasteiger partial charge in [0, 0.05) is 36.8 Å². The highest BCUT2D eigenvalue weighted by Crippen LogP contribution is 2.16. The van der Waals surface area contributed by atoms with Crippen molar-refractivity contribution < 1.29 is 9.72 Å². The molecule has 6 nitrogen and oxygen atoms in total. The molecule has 1 unspecified atom stereocenters. The van der Waals surface area contributed by atoms with Crippen LogP contribution in [0.4, 0.5) is 5.69 Å². The molecule has 0 radical (unpaired) electrons. The average molecular weight is 277 g/mol. The first-order valence-corrected chi connectivity index (χ1v) is 6.89. The Kier molecular flexibility index (Phi) is 4.68. The van der Waals surface area contributed by atoms with E-state index in [1.807, 2.05) is 4.90 Å². The molecule has 108 valence electrons. The number of benzene rings is 1. The molecular weight excluding hydrogens is 258 g/mol. The number of carbonyl (C=O) groups is 1. The number of nitrogens with zero attached hydrogens (tertiary/aromatic N) is 2. The Balaban J connectivity index is 2.04. The molecule has 1 saturated heterocycles. The minimum absolute atomic E-state index is 0.00530. The summed E-state index contributed by atoms with van der Waals surface area (Å²) in [4.78, 5) is 24.3. The smallest absolute Gasteiger partial charge is 0.269 e. The molecule has 1 atom stereocenters. The number of non-ortho nitro benzene ring substituents is 1. The summed E-state index contributed by atoms with van der Waals surface area (Å²) in [5, 5.41) is 14.0. The van der Waals surface area contributed by atoms with Gasteiger partial charge in [-0.3, -0.25) is 14.9 Å². The summed E-state index contributed by atoms with van der Waals surface area (Å²) < 4.78 is 0. The second-order valence-electron chi connectivity index (χ2n) is 4.95. The van der Waals surface area contributed by atoms with Gasteiger partial charge in [0.1, 0.15) is 0 Å². The summed E-state index contributed by atoms with van der Waals surface area (Å²) in [7, 11) is 0. The topological polar surface area (TPSA) is 75.5 Å². The number of nitro benzene ring substituents is 1. The molecule has 1 aliphatic heterocycles. The number of rotatable bonds is 4. The molecule has 1 heterocycles. The Hall–Kier alpha value is -1.95. The van der Waals surface area contributed by atoms with Crippen LogP contribution in [0.1, 0.15) is 30.1 Å². The van der Waals surface area contributed by atoms with E-state index in [0.717, 1.165) is 25.9 Å². The molecule has 20 heavy (non-hydrogen) atoms. The zero-order valence-electron chi connectivity index (χ0n) is 11.5. The summed E-state index contributed by atoms with van der Waals surface area (Å²) in [6.45, 7) is 4.39. The van der Waals surface area contributed by atoms with Crippen molar-refractivity contribution in [3.05, 3.63) is 39.9 Å². The lowest BCUT2D eigenvalue weighted by Crippen LogP contribution is -2.47. The Labute approximate surface area is 117 Å². The SMILES string of the molecule is CCNC1CCCN(C(=O)c2ccc([N+](=O)[O-])cc2)C1. The van der Waals surface area contributed by atoms with E-state index in [2.05, 4.69) is 12.2 Å². The van der Waals surface area contributed by atoms with E-state index < -0.39 is 4.92 Å². The molecular formula is C14H19N3O3. The van der Waals surface area contributed by atoms with Crippen LogP contribution in [0, 0.1) is 10.1 Å². The predicted molar refractivity (Wildman–Crippen MR) is 75.7 cm³/mol. The zero-order chi connectivity index (χ0) is 14.5. The maximum Gasteiger partial charge on any atom is 0.269 e. The quantitative estimate of drug-likeness (QED) is 0.672. The molecule has 0 bridgehead atoms. The van der Waals surface area contributed by atoms with Crippen molar-refractivity contribution in [2.24, 2.45) is 0 Å². The van der Waals surface area contributed by atoms with Gasteiger partial charge >= 0.3 is 0 Å². The minimum Gasteiger partial charge on any atom is -0.337 e. The Morgan fingerprint density at radius 3 is 2.75 bits per heavy atom. The lowest BCUT2D eigenvalue weighted by Gasteiger charge is -2.33. The molecule has 1 aliphatic rings. The maximum absolute atomic E-state index is 12.4. The van der Waals surface area contributed by atoms with Gasteiger partial charge in [-0.1, -0.05) is 6.92 Å². The summed E-state index contributed by atoms with van der Waals surface area (Å²) in [6, 6.07) is 6.14. The van der Waals surface area contributed by atoms with Gasteiger partial charge in [-0.2, -0.15) is 0 Å². The number of nitro groups is 1. The van der Waals surface area contributed by atoms with Gasteiger partial charge in [0.05, 0.1) is 4.92 Å². The van der Waals surface area contributed by atoms with Crippen LogP contribution in [0.3, 0.4) is 0 Å². The lowest BCUT2D eigenvalue weighted by atomic mass is 10.0. The first-order valence-electron chi connectivity index (χ1n) is 6.89. The molecule has 1 N–H and O–H groups in total. The number of piperidine rings is 1. The summed E-state index contributed by atoms with van der Waals surface area (Å²) in [5.74, 6) is -0.0532. The van der Waals surface area contributed by atoms with Gasteiger partial charge in [0.25, 0.3) is 11.6 Å². The van der Waals surface area contributed by atoms with Gasteiger partial charge in [0.15, 0.2) is 0 Å². The van der Waals surface area contributed by atoms with Crippen molar-refractivity contribution >= 4 is 11.6 Å². The van der Waals surface area contributed by atoms with Gasteiger partial charge in [-0.05, 0) is 31.5 Å². The third kappa shape index (κ3) is 3.33. The van der Waals surface area contributed by atoms with Crippen molar-refractivity contribution in [2.45, 2.75) is 25.8 Å². The van der Waals surface area contributed by atoms with E-state index in [4.69, 9.17) is 0 Å². The van der Waals surface area contributed by atoms with Crippen LogP contribution in [0.15, 0.2) is 24.3 Å². The highest BCUT2D eigenvalue weighted by Gasteiger charge is 2.24. The second-order valence-corrected chi connectivity index (χ2v) is 4.95. The number of carbonyl (C=O) groups excluding carboxylic acids is 1. The van der Waals surface area contributed by atoms with Crippen LogP contribution < -0.4 is 5.32 Å². The van der Waals surface area contributed by atoms with Crippen molar-refractivity contribution in [3.8, 4) is 0 Å². The molecule has 1 fully saturated rings. The first kappa shape index (κ1) is 14.5. The lowest BCUT2D eigenvalue weighted by molar-refractivity contribution is -0.384. The predicted octanol–water partition coefficient (Wildman–Crippen LogP) is 1.81. The Morgan fingerprint density at radius 2 is 2.15 bits per heavy atom. The van der Waals surface area contributed by atoms with Gasteiger partial charge in [-0.25, -0.2) is 0 Å². The molecule has 0 aromatic heterocycles. The molecule has 1 aromatic carbocycles. The Bertz CT molecular complexity index is 485. The van der Waals surface area contributed by atoms with Crippen molar-refractivity contribution in [1.82, 2.24) is 10.2 Å². The van der Waals surface area contributed by atoms with E-state index in [1.165, 1.54) is 24.3 Å². The van der Waals surface area contributed by atoms with E-state index in [9.17, 15) is 14.9 Å². The van der Waals surface area contributed by atoms with E-state index in [0.29, 0.717) is 18.2 Å². The van der Waals surface area contributed by atoms with Crippen molar-refractivity contribution in [2.75, 3.05) is 19.6 Å². The summed E-state index contributed by atoms with van der Waals surface area (Å²) >= 11 is 0. The van der Waals surface area contributed by atoms with Crippen LogP contribution >= 0.6 is 0 Å². The summed E-state index contributed by atoms with van der Waals surface area (Å²) in [5.41, 5.74) is 0.512. The Morgan fingerprint density at radius 1 is 1.45 bits per heavy atom. The number of hydrogen-bond acceptors (Lipinski definition) is 4. The van der Waals surface area contributed by atoms with Crippen LogP contribution in [0.2, 0.25) is 0 Å². The van der Waals surface area contributed by atoms with Crippen molar-refractivity contribution in [1.29, 1.82) is 0 Å². The van der Waals surface area contributed by atoms with Crippen LogP contribution in [-0.4, -0.2) is 41.4 Å². The fourth-order valence-electron chi connectivity index (χ4n) is 2.53. The normalized spacial score (nSPS) is 18.9. The number of nitrogens with one attached hydrogen (secondary N) is 1. The van der Waals surface area contributed by atoms with E-state index >= 15 is 0 Å². The fraction of sp³-hybridized carbons (Fsp3) is 0.500. The molecule has 6 heteroatoms. The second kappa shape index (κ2) is 6.47. The van der Waals surface area contributed by atoms with Gasteiger partial charge in [0.2, 0.25) is 0 Å². The number of amides is 1. The van der Waals surface area contributed by atoms with Gasteiger partial charge in [-0.15, -0.1) is 0 Å². The third-order valence-corrected chi connectivity index (χ3v) is 3.53. The maximum atomic E-state index is 12.4.